The molecule has 2 fully saturated rings. The molecule has 0 radical (unpaired) electrons. The number of alkyl carbamates (subject to hydrolysis) is 3. The molecule has 7 N–H and O–H groups in total. The van der Waals surface area contributed by atoms with Crippen LogP contribution >= 0.6 is 31.9 Å². The highest BCUT2D eigenvalue weighted by molar-refractivity contribution is 9.10. The van der Waals surface area contributed by atoms with Crippen molar-refractivity contribution < 1.29 is 38.2 Å². The molecule has 2 aliphatic carbocycles. The molecule has 73 heavy (non-hydrogen) atoms. The summed E-state index contributed by atoms with van der Waals surface area (Å²) < 4.78 is 21.3. The maximum atomic E-state index is 13.4. The van der Waals surface area contributed by atoms with Crippen LogP contribution in [-0.4, -0.2) is 103 Å². The van der Waals surface area contributed by atoms with Crippen molar-refractivity contribution >= 4 is 62.0 Å². The Kier molecular flexibility index (Phi) is 22.0. The molecule has 0 saturated heterocycles. The van der Waals surface area contributed by atoms with E-state index in [0.29, 0.717) is 56.0 Å². The summed E-state index contributed by atoms with van der Waals surface area (Å²) in [4.78, 5) is 71.0. The third-order valence-electron chi connectivity index (χ3n) is 11.8. The van der Waals surface area contributed by atoms with Gasteiger partial charge in [-0.25, -0.2) is 33.7 Å². The zero-order chi connectivity index (χ0) is 53.2. The monoisotopic (exact) mass is 1140 g/mol. The van der Waals surface area contributed by atoms with Gasteiger partial charge in [-0.05, 0) is 148 Å². The first-order chi connectivity index (χ1) is 34.6. The SMILES string of the molecule is CC(C)(C)OC(=O)NC(C)(C)C(=O)NC(CCCc1ccccc1Br)c1ncnn1CCOC(=O)NCC1CC1.CC(C)(N)C(=O)NC(CCCc1ccccc1Br)c1ncnn1CCOC(=O)NCC1CC1. The van der Waals surface area contributed by atoms with E-state index < -0.39 is 46.9 Å². The Hall–Kier alpha value is -5.61. The Morgan fingerprint density at radius 2 is 1.08 bits per heavy atom. The molecule has 2 aromatic carbocycles. The molecule has 4 aromatic rings. The van der Waals surface area contributed by atoms with Gasteiger partial charge in [0.2, 0.25) is 11.8 Å². The predicted molar refractivity (Wildman–Crippen MR) is 282 cm³/mol. The molecule has 5 amide bonds. The van der Waals surface area contributed by atoms with Gasteiger partial charge >= 0.3 is 18.3 Å². The van der Waals surface area contributed by atoms with Crippen LogP contribution < -0.4 is 32.3 Å². The van der Waals surface area contributed by atoms with Crippen molar-refractivity contribution in [2.45, 2.75) is 155 Å². The second-order valence-electron chi connectivity index (χ2n) is 20.6. The van der Waals surface area contributed by atoms with Crippen molar-refractivity contribution in [3.8, 4) is 0 Å². The van der Waals surface area contributed by atoms with Crippen molar-refractivity contribution in [2.75, 3.05) is 26.3 Å². The van der Waals surface area contributed by atoms with Crippen LogP contribution in [0.15, 0.2) is 70.1 Å². The van der Waals surface area contributed by atoms with Crippen LogP contribution in [0.25, 0.3) is 0 Å². The molecule has 2 atom stereocenters. The smallest absolute Gasteiger partial charge is 0.408 e. The Balaban J connectivity index is 0.000000276. The molecule has 22 heteroatoms. The van der Waals surface area contributed by atoms with E-state index in [9.17, 15) is 24.0 Å². The number of hydrogen-bond donors (Lipinski definition) is 6. The molecule has 6 rings (SSSR count). The van der Waals surface area contributed by atoms with Crippen LogP contribution in [0, 0.1) is 11.8 Å². The molecule has 20 nitrogen and oxygen atoms in total. The molecule has 400 valence electrons. The number of nitrogens with zero attached hydrogens (tertiary/aromatic N) is 6. The molecule has 2 heterocycles. The molecule has 2 unspecified atom stereocenters. The quantitative estimate of drug-likeness (QED) is 0.0347. The van der Waals surface area contributed by atoms with Crippen molar-refractivity contribution in [1.29, 1.82) is 0 Å². The molecular formula is C51H74Br2N12O8. The molecule has 0 bridgehead atoms. The van der Waals surface area contributed by atoms with Crippen molar-refractivity contribution in [3.63, 3.8) is 0 Å². The van der Waals surface area contributed by atoms with Crippen molar-refractivity contribution in [2.24, 2.45) is 17.6 Å². The number of benzene rings is 2. The number of carbonyl (C=O) groups excluding carboxylic acids is 5. The number of carbonyl (C=O) groups is 5. The largest absolute Gasteiger partial charge is 0.448 e. The summed E-state index contributed by atoms with van der Waals surface area (Å²) in [5.41, 5.74) is 5.39. The lowest BCUT2D eigenvalue weighted by molar-refractivity contribution is -0.127. The van der Waals surface area contributed by atoms with Gasteiger partial charge in [0.15, 0.2) is 0 Å². The van der Waals surface area contributed by atoms with Crippen LogP contribution in [0.3, 0.4) is 0 Å². The lowest BCUT2D eigenvalue weighted by Crippen LogP contribution is -2.56. The molecule has 2 aliphatic rings. The van der Waals surface area contributed by atoms with E-state index in [1.807, 2.05) is 36.4 Å². The van der Waals surface area contributed by atoms with E-state index in [1.54, 1.807) is 57.8 Å². The van der Waals surface area contributed by atoms with E-state index in [0.717, 1.165) is 65.9 Å². The van der Waals surface area contributed by atoms with Gasteiger partial charge in [-0.1, -0.05) is 68.3 Å². The van der Waals surface area contributed by atoms with E-state index >= 15 is 0 Å². The Morgan fingerprint density at radius 1 is 0.658 bits per heavy atom. The Bertz CT molecular complexity index is 2430. The summed E-state index contributed by atoms with van der Waals surface area (Å²) >= 11 is 7.17. The number of amides is 5. The topological polar surface area (TPSA) is 261 Å². The highest BCUT2D eigenvalue weighted by Gasteiger charge is 2.34. The van der Waals surface area contributed by atoms with Crippen LogP contribution in [0.2, 0.25) is 0 Å². The van der Waals surface area contributed by atoms with Gasteiger partial charge in [0, 0.05) is 22.0 Å². The third kappa shape index (κ3) is 21.0. The first kappa shape index (κ1) is 58.3. The number of nitrogens with one attached hydrogen (secondary N) is 5. The van der Waals surface area contributed by atoms with Gasteiger partial charge in [-0.15, -0.1) is 0 Å². The predicted octanol–water partition coefficient (Wildman–Crippen LogP) is 7.75. The number of rotatable bonds is 25. The van der Waals surface area contributed by atoms with Crippen LogP contribution in [0.1, 0.15) is 135 Å². The number of hydrogen-bond acceptors (Lipinski definition) is 13. The summed E-state index contributed by atoms with van der Waals surface area (Å²) in [6, 6.07) is 15.2. The summed E-state index contributed by atoms with van der Waals surface area (Å²) in [6.07, 6.45) is 10.3. The summed E-state index contributed by atoms with van der Waals surface area (Å²) in [7, 11) is 0. The highest BCUT2D eigenvalue weighted by atomic mass is 79.9. The first-order valence-corrected chi connectivity index (χ1v) is 26.6. The van der Waals surface area contributed by atoms with E-state index in [4.69, 9.17) is 19.9 Å². The minimum absolute atomic E-state index is 0.107. The van der Waals surface area contributed by atoms with Crippen LogP contribution in [0.5, 0.6) is 0 Å². The second-order valence-corrected chi connectivity index (χ2v) is 22.3. The molecule has 2 saturated carbocycles. The fourth-order valence-electron chi connectivity index (χ4n) is 7.31. The van der Waals surface area contributed by atoms with Gasteiger partial charge in [0.05, 0.1) is 30.7 Å². The van der Waals surface area contributed by atoms with E-state index in [2.05, 4.69) is 90.7 Å². The van der Waals surface area contributed by atoms with Gasteiger partial charge in [-0.2, -0.15) is 10.2 Å². The van der Waals surface area contributed by atoms with Gasteiger partial charge in [0.25, 0.3) is 0 Å². The van der Waals surface area contributed by atoms with Crippen LogP contribution in [0.4, 0.5) is 14.4 Å². The zero-order valence-corrected chi connectivity index (χ0v) is 46.4. The van der Waals surface area contributed by atoms with E-state index in [1.165, 1.54) is 18.2 Å². The third-order valence-corrected chi connectivity index (χ3v) is 13.4. The maximum absolute atomic E-state index is 13.4. The summed E-state index contributed by atoms with van der Waals surface area (Å²) in [5, 5.41) is 22.8. The number of ether oxygens (including phenoxy) is 3. The number of aromatic nitrogens is 6. The highest BCUT2D eigenvalue weighted by Crippen LogP contribution is 2.29. The number of aryl methyl sites for hydroxylation is 2. The second kappa shape index (κ2) is 27.6. The summed E-state index contributed by atoms with van der Waals surface area (Å²) in [6.45, 7) is 14.0. The lowest BCUT2D eigenvalue weighted by atomic mass is 10.0. The number of halogens is 2. The number of nitrogens with two attached hydrogens (primary N) is 1. The Labute approximate surface area is 445 Å². The van der Waals surface area contributed by atoms with Crippen molar-refractivity contribution in [1.82, 2.24) is 56.1 Å². The normalized spacial score (nSPS) is 14.4. The van der Waals surface area contributed by atoms with Crippen LogP contribution in [-0.2, 0) is 49.7 Å². The Morgan fingerprint density at radius 3 is 1.48 bits per heavy atom. The minimum atomic E-state index is -1.25. The van der Waals surface area contributed by atoms with Gasteiger partial charge < -0.3 is 46.5 Å². The minimum Gasteiger partial charge on any atom is -0.448 e. The average Bonchev–Trinajstić information content (AvgIpc) is 4.24. The summed E-state index contributed by atoms with van der Waals surface area (Å²) in [5.74, 6) is 1.64. The standard InChI is InChI=1S/C28H41BrN6O5.C23H33BrN6O3/c1-27(2,3)40-26(38)34-28(4,5)24(36)33-22(12-8-10-20-9-6-7-11-21(20)29)23-31-18-32-35(23)15-16-39-25(37)30-17-19-13-14-19;1-23(2,25)21(31)29-19(9-5-7-17-6-3-4-8-18(17)24)20-27-15-28-30(20)12-13-33-22(32)26-14-16-10-11-16/h6-7,9,11,18-19,22H,8,10,12-17H2,1-5H3,(H,30,37)(H,33,36)(H,34,38);3-4,6,8,15-16,19H,5,7,9-14,25H2,1-2H3,(H,26,32)(H,29,31). The first-order valence-electron chi connectivity index (χ1n) is 25.0. The lowest BCUT2D eigenvalue weighted by Gasteiger charge is -2.29. The average molecular weight is 1140 g/mol. The van der Waals surface area contributed by atoms with E-state index in [-0.39, 0.29) is 31.7 Å². The van der Waals surface area contributed by atoms with Crippen molar-refractivity contribution in [3.05, 3.63) is 92.9 Å². The molecular weight excluding hydrogens is 1070 g/mol. The van der Waals surface area contributed by atoms with Gasteiger partial charge in [-0.3, -0.25) is 9.59 Å². The maximum Gasteiger partial charge on any atom is 0.408 e. The fourth-order valence-corrected chi connectivity index (χ4v) is 8.27. The molecule has 0 spiro atoms. The fraction of sp³-hybridized carbons (Fsp3) is 0.588. The molecule has 0 aliphatic heterocycles. The molecule has 2 aromatic heterocycles. The zero-order valence-electron chi connectivity index (χ0n) is 43.2. The van der Waals surface area contributed by atoms with Gasteiger partial charge in [0.1, 0.15) is 48.7 Å².